The van der Waals surface area contributed by atoms with Crippen LogP contribution in [0.25, 0.3) is 22.6 Å². The average molecular weight is 490 g/mol. The third kappa shape index (κ3) is 5.96. The van der Waals surface area contributed by atoms with Gasteiger partial charge in [0.1, 0.15) is 17.0 Å². The molecule has 35 heavy (non-hydrogen) atoms. The number of phenolic OH excluding ortho intramolecular Hbond substituents is 1. The average Bonchev–Trinajstić information content (AvgIpc) is 3.28. The molecule has 7 nitrogen and oxygen atoms in total. The number of aryl methyl sites for hydroxylation is 1. The maximum absolute atomic E-state index is 12.7. The number of unbranched alkanes of at least 4 members (excludes halogenated alkanes) is 1. The van der Waals surface area contributed by atoms with Crippen molar-refractivity contribution in [2.45, 2.75) is 33.1 Å². The van der Waals surface area contributed by atoms with Crippen molar-refractivity contribution in [3.05, 3.63) is 71.8 Å². The summed E-state index contributed by atoms with van der Waals surface area (Å²) >= 11 is 5.33. The molecule has 0 radical (unpaired) electrons. The standard InChI is InChI=1S/C27H27N3O4S/c1-3-5-13-33-20-8-6-7-18(15-20)25(32)30-27(35)28-19-10-11-23(31)21(16-19)26-29-22-14-17(4-2)9-12-24(22)34-26/h6-12,14-16,31H,3-5,13H2,1-2H3,(H2,28,30,32,35). The van der Waals surface area contributed by atoms with Crippen LogP contribution in [0.5, 0.6) is 11.5 Å². The number of carbonyl (C=O) groups is 1. The molecule has 1 aromatic heterocycles. The second-order valence-corrected chi connectivity index (χ2v) is 8.45. The van der Waals surface area contributed by atoms with E-state index in [4.69, 9.17) is 21.4 Å². The Morgan fingerprint density at radius 2 is 1.97 bits per heavy atom. The summed E-state index contributed by atoms with van der Waals surface area (Å²) in [6.45, 7) is 4.76. The minimum absolute atomic E-state index is 0.0210. The fraction of sp³-hybridized carbons (Fsp3) is 0.222. The van der Waals surface area contributed by atoms with Crippen LogP contribution in [0.4, 0.5) is 5.69 Å². The zero-order valence-electron chi connectivity index (χ0n) is 19.6. The summed E-state index contributed by atoms with van der Waals surface area (Å²) in [4.78, 5) is 17.2. The summed E-state index contributed by atoms with van der Waals surface area (Å²) in [5.74, 6) is 0.600. The van der Waals surface area contributed by atoms with Gasteiger partial charge in [0.25, 0.3) is 5.91 Å². The Morgan fingerprint density at radius 1 is 1.11 bits per heavy atom. The second kappa shape index (κ2) is 11.0. The highest BCUT2D eigenvalue weighted by Crippen LogP contribution is 2.33. The molecule has 1 amide bonds. The van der Waals surface area contributed by atoms with Gasteiger partial charge in [0, 0.05) is 11.3 Å². The number of amides is 1. The molecule has 8 heteroatoms. The number of fused-ring (bicyclic) bond motifs is 1. The molecular weight excluding hydrogens is 462 g/mol. The Kier molecular flexibility index (Phi) is 7.62. The molecule has 180 valence electrons. The van der Waals surface area contributed by atoms with E-state index in [9.17, 15) is 9.90 Å². The fourth-order valence-electron chi connectivity index (χ4n) is 3.49. The largest absolute Gasteiger partial charge is 0.507 e. The highest BCUT2D eigenvalue weighted by Gasteiger charge is 2.15. The molecular formula is C27H27N3O4S. The number of hydrogen-bond donors (Lipinski definition) is 3. The molecule has 0 spiro atoms. The molecule has 4 rings (SSSR count). The second-order valence-electron chi connectivity index (χ2n) is 8.04. The molecule has 0 aliphatic carbocycles. The zero-order chi connectivity index (χ0) is 24.8. The highest BCUT2D eigenvalue weighted by molar-refractivity contribution is 7.80. The third-order valence-electron chi connectivity index (χ3n) is 5.43. The minimum Gasteiger partial charge on any atom is -0.507 e. The number of rotatable bonds is 8. The van der Waals surface area contributed by atoms with Crippen molar-refractivity contribution in [1.82, 2.24) is 10.3 Å². The van der Waals surface area contributed by atoms with Gasteiger partial charge in [0.2, 0.25) is 5.89 Å². The monoisotopic (exact) mass is 489 g/mol. The summed E-state index contributed by atoms with van der Waals surface area (Å²) in [5, 5.41) is 16.2. The van der Waals surface area contributed by atoms with Crippen LogP contribution in [0, 0.1) is 0 Å². The number of anilines is 1. The third-order valence-corrected chi connectivity index (χ3v) is 5.64. The number of oxazole rings is 1. The lowest BCUT2D eigenvalue weighted by Gasteiger charge is -2.12. The van der Waals surface area contributed by atoms with Gasteiger partial charge in [-0.2, -0.15) is 0 Å². The molecule has 0 unspecified atom stereocenters. The molecule has 3 N–H and O–H groups in total. The van der Waals surface area contributed by atoms with E-state index in [0.29, 0.717) is 40.6 Å². The van der Waals surface area contributed by atoms with E-state index in [1.807, 2.05) is 24.3 Å². The van der Waals surface area contributed by atoms with Gasteiger partial charge >= 0.3 is 0 Å². The fourth-order valence-corrected chi connectivity index (χ4v) is 3.70. The number of aromatic hydroxyl groups is 1. The first-order valence-corrected chi connectivity index (χ1v) is 12.0. The normalized spacial score (nSPS) is 10.8. The molecule has 0 aliphatic rings. The molecule has 0 saturated heterocycles. The first kappa shape index (κ1) is 24.2. The van der Waals surface area contributed by atoms with Gasteiger partial charge in [-0.25, -0.2) is 4.98 Å². The van der Waals surface area contributed by atoms with E-state index < -0.39 is 0 Å². The number of ether oxygens (including phenoxy) is 1. The van der Waals surface area contributed by atoms with Gasteiger partial charge in [-0.05, 0) is 79.2 Å². The lowest BCUT2D eigenvalue weighted by atomic mass is 10.1. The molecule has 0 atom stereocenters. The zero-order valence-corrected chi connectivity index (χ0v) is 20.4. The van der Waals surface area contributed by atoms with Crippen molar-refractivity contribution in [3.8, 4) is 23.0 Å². The SMILES string of the molecule is CCCCOc1cccc(C(=O)NC(=S)Nc2ccc(O)c(-c3nc4cc(CC)ccc4o3)c2)c1. The van der Waals surface area contributed by atoms with Crippen molar-refractivity contribution >= 4 is 40.0 Å². The number of hydrogen-bond acceptors (Lipinski definition) is 6. The van der Waals surface area contributed by atoms with Crippen LogP contribution in [0.1, 0.15) is 42.6 Å². The lowest BCUT2D eigenvalue weighted by Crippen LogP contribution is -2.34. The maximum atomic E-state index is 12.7. The van der Waals surface area contributed by atoms with Crippen LogP contribution in [-0.2, 0) is 6.42 Å². The van der Waals surface area contributed by atoms with Crippen LogP contribution in [-0.4, -0.2) is 27.7 Å². The van der Waals surface area contributed by atoms with E-state index in [1.54, 1.807) is 30.3 Å². The number of nitrogens with zero attached hydrogens (tertiary/aromatic N) is 1. The summed E-state index contributed by atoms with van der Waals surface area (Å²) in [6, 6.07) is 17.6. The van der Waals surface area contributed by atoms with Crippen LogP contribution >= 0.6 is 12.2 Å². The van der Waals surface area contributed by atoms with E-state index in [2.05, 4.69) is 29.5 Å². The van der Waals surface area contributed by atoms with Gasteiger partial charge in [-0.15, -0.1) is 0 Å². The van der Waals surface area contributed by atoms with E-state index in [0.717, 1.165) is 30.3 Å². The lowest BCUT2D eigenvalue weighted by molar-refractivity contribution is 0.0977. The number of nitrogens with one attached hydrogen (secondary N) is 2. The highest BCUT2D eigenvalue weighted by atomic mass is 32.1. The molecule has 0 fully saturated rings. The van der Waals surface area contributed by atoms with Gasteiger partial charge in [-0.1, -0.05) is 32.4 Å². The topological polar surface area (TPSA) is 96.6 Å². The number of benzene rings is 3. The van der Waals surface area contributed by atoms with Crippen LogP contribution in [0.15, 0.2) is 65.1 Å². The van der Waals surface area contributed by atoms with Crippen molar-refractivity contribution in [2.24, 2.45) is 0 Å². The van der Waals surface area contributed by atoms with Crippen molar-refractivity contribution < 1.29 is 19.1 Å². The molecule has 1 heterocycles. The summed E-state index contributed by atoms with van der Waals surface area (Å²) in [7, 11) is 0. The number of thiocarbonyl (C=S) groups is 1. The summed E-state index contributed by atoms with van der Waals surface area (Å²) < 4.78 is 11.5. The van der Waals surface area contributed by atoms with Crippen molar-refractivity contribution in [1.29, 1.82) is 0 Å². The maximum Gasteiger partial charge on any atom is 0.257 e. The molecule has 0 saturated carbocycles. The Balaban J connectivity index is 1.45. The Morgan fingerprint density at radius 3 is 2.77 bits per heavy atom. The van der Waals surface area contributed by atoms with Gasteiger partial charge in [-0.3, -0.25) is 10.1 Å². The van der Waals surface area contributed by atoms with Crippen molar-refractivity contribution in [2.75, 3.05) is 11.9 Å². The Bertz CT molecular complexity index is 1370. The first-order valence-electron chi connectivity index (χ1n) is 11.5. The number of carbonyl (C=O) groups excluding carboxylic acids is 1. The van der Waals surface area contributed by atoms with E-state index in [-0.39, 0.29) is 16.8 Å². The van der Waals surface area contributed by atoms with Crippen LogP contribution in [0.2, 0.25) is 0 Å². The number of phenols is 1. The van der Waals surface area contributed by atoms with E-state index in [1.165, 1.54) is 6.07 Å². The van der Waals surface area contributed by atoms with Crippen LogP contribution in [0.3, 0.4) is 0 Å². The number of aromatic nitrogens is 1. The Labute approximate surface area is 209 Å². The summed E-state index contributed by atoms with van der Waals surface area (Å²) in [6.07, 6.45) is 2.87. The van der Waals surface area contributed by atoms with E-state index >= 15 is 0 Å². The predicted molar refractivity (Wildman–Crippen MR) is 141 cm³/mol. The Hall–Kier alpha value is -3.91. The van der Waals surface area contributed by atoms with Crippen LogP contribution < -0.4 is 15.4 Å². The molecule has 0 bridgehead atoms. The van der Waals surface area contributed by atoms with Crippen molar-refractivity contribution in [3.63, 3.8) is 0 Å². The predicted octanol–water partition coefficient (Wildman–Crippen LogP) is 6.07. The first-order chi connectivity index (χ1) is 17.0. The molecule has 4 aromatic rings. The summed E-state index contributed by atoms with van der Waals surface area (Å²) in [5.41, 5.74) is 3.93. The quantitative estimate of drug-likeness (QED) is 0.157. The molecule has 0 aliphatic heterocycles. The van der Waals surface area contributed by atoms with Gasteiger partial charge in [0.05, 0.1) is 12.2 Å². The minimum atomic E-state index is -0.354. The smallest absolute Gasteiger partial charge is 0.257 e. The molecule has 3 aromatic carbocycles. The van der Waals surface area contributed by atoms with Gasteiger partial charge < -0.3 is 19.6 Å². The van der Waals surface area contributed by atoms with Gasteiger partial charge in [0.15, 0.2) is 10.7 Å².